The zero-order chi connectivity index (χ0) is 20.1. The quantitative estimate of drug-likeness (QED) is 0.452. The third-order valence-electron chi connectivity index (χ3n) is 8.21. The van der Waals surface area contributed by atoms with Crippen LogP contribution in [-0.4, -0.2) is 44.5 Å². The molecule has 2 saturated heterocycles. The SMILES string of the molecule is COc1ccccc1CCNC[C@@H]1C(=O)O[C@@H]2C[C@@]3(C)CCC[C@]4(CO4)[C@@H]3C[C@@H]12. The van der Waals surface area contributed by atoms with Crippen molar-refractivity contribution in [3.8, 4) is 5.75 Å². The number of hydrogen-bond donors (Lipinski definition) is 1. The van der Waals surface area contributed by atoms with Gasteiger partial charge in [-0.25, -0.2) is 0 Å². The highest BCUT2D eigenvalue weighted by molar-refractivity contribution is 5.75. The van der Waals surface area contributed by atoms with E-state index < -0.39 is 0 Å². The first-order chi connectivity index (χ1) is 14.0. The fourth-order valence-corrected chi connectivity index (χ4v) is 6.58. The molecule has 0 bridgehead atoms. The lowest BCUT2D eigenvalue weighted by Gasteiger charge is -2.51. The van der Waals surface area contributed by atoms with Gasteiger partial charge in [-0.15, -0.1) is 0 Å². The minimum atomic E-state index is -0.0278. The number of benzene rings is 1. The molecule has 0 unspecified atom stereocenters. The number of carbonyl (C=O) groups excluding carboxylic acids is 1. The smallest absolute Gasteiger partial charge is 0.310 e. The van der Waals surface area contributed by atoms with Crippen LogP contribution in [0.4, 0.5) is 0 Å². The van der Waals surface area contributed by atoms with Crippen molar-refractivity contribution in [2.45, 2.75) is 57.2 Å². The number of hydrogen-bond acceptors (Lipinski definition) is 5. The Morgan fingerprint density at radius 2 is 2.10 bits per heavy atom. The lowest BCUT2D eigenvalue weighted by molar-refractivity contribution is -0.147. The van der Waals surface area contributed by atoms with Crippen molar-refractivity contribution in [2.24, 2.45) is 23.2 Å². The maximum Gasteiger partial charge on any atom is 0.310 e. The minimum Gasteiger partial charge on any atom is -0.496 e. The molecule has 2 aliphatic carbocycles. The van der Waals surface area contributed by atoms with Gasteiger partial charge in [-0.2, -0.15) is 0 Å². The molecule has 5 rings (SSSR count). The molecule has 1 aromatic rings. The summed E-state index contributed by atoms with van der Waals surface area (Å²) in [6, 6.07) is 8.12. The van der Waals surface area contributed by atoms with Crippen molar-refractivity contribution in [3.63, 3.8) is 0 Å². The molecule has 158 valence electrons. The summed E-state index contributed by atoms with van der Waals surface area (Å²) < 4.78 is 17.3. The van der Waals surface area contributed by atoms with Crippen LogP contribution in [0.2, 0.25) is 0 Å². The van der Waals surface area contributed by atoms with Crippen LogP contribution < -0.4 is 10.1 Å². The zero-order valence-corrected chi connectivity index (χ0v) is 17.6. The van der Waals surface area contributed by atoms with E-state index in [0.29, 0.717) is 18.4 Å². The lowest BCUT2D eigenvalue weighted by Crippen LogP contribution is -2.51. The van der Waals surface area contributed by atoms with Crippen LogP contribution in [-0.2, 0) is 20.7 Å². The number of rotatable bonds is 6. The van der Waals surface area contributed by atoms with Crippen LogP contribution in [0, 0.1) is 23.2 Å². The van der Waals surface area contributed by atoms with Crippen molar-refractivity contribution in [1.82, 2.24) is 5.32 Å². The molecule has 6 atom stereocenters. The number of para-hydroxylation sites is 1. The minimum absolute atomic E-state index is 0.00203. The number of ether oxygens (including phenoxy) is 3. The Morgan fingerprint density at radius 1 is 1.28 bits per heavy atom. The normalized spacial score (nSPS) is 40.3. The van der Waals surface area contributed by atoms with E-state index in [1.165, 1.54) is 24.8 Å². The molecule has 0 amide bonds. The zero-order valence-electron chi connectivity index (χ0n) is 17.6. The monoisotopic (exact) mass is 399 g/mol. The molecular formula is C24H33NO4. The van der Waals surface area contributed by atoms with E-state index in [1.807, 2.05) is 18.2 Å². The summed E-state index contributed by atoms with van der Waals surface area (Å²) in [5.41, 5.74) is 1.58. The van der Waals surface area contributed by atoms with Gasteiger partial charge in [0.25, 0.3) is 0 Å². The summed E-state index contributed by atoms with van der Waals surface area (Å²) in [6.07, 6.45) is 6.75. The van der Waals surface area contributed by atoms with Gasteiger partial charge in [0.15, 0.2) is 0 Å². The standard InChI is InChI=1S/C24H33NO4/c1-23-9-5-10-24(15-28-24)21(23)12-17-18(22(26)29-20(17)13-23)14-25-11-8-16-6-3-4-7-19(16)27-2/h3-4,6-7,17-18,20-21,25H,5,8-15H2,1-2H3/t17-,18-,20+,21+,23+,24-/m0/s1. The van der Waals surface area contributed by atoms with E-state index in [4.69, 9.17) is 14.2 Å². The maximum atomic E-state index is 12.7. The number of esters is 1. The molecule has 0 radical (unpaired) electrons. The first kappa shape index (κ1) is 19.4. The lowest BCUT2D eigenvalue weighted by atomic mass is 9.53. The number of nitrogens with one attached hydrogen (secondary N) is 1. The van der Waals surface area contributed by atoms with Crippen molar-refractivity contribution in [2.75, 3.05) is 26.8 Å². The van der Waals surface area contributed by atoms with Gasteiger partial charge < -0.3 is 19.5 Å². The molecule has 2 aliphatic heterocycles. The van der Waals surface area contributed by atoms with Crippen LogP contribution in [0.15, 0.2) is 24.3 Å². The fourth-order valence-electron chi connectivity index (χ4n) is 6.58. The molecule has 5 nitrogen and oxygen atoms in total. The predicted molar refractivity (Wildman–Crippen MR) is 110 cm³/mol. The Bertz CT molecular complexity index is 776. The van der Waals surface area contributed by atoms with E-state index in [2.05, 4.69) is 18.3 Å². The average molecular weight is 400 g/mol. The molecular weight excluding hydrogens is 366 g/mol. The van der Waals surface area contributed by atoms with Crippen LogP contribution in [0.5, 0.6) is 5.75 Å². The molecule has 4 aliphatic rings. The second-order valence-corrected chi connectivity index (χ2v) is 9.87. The molecule has 1 N–H and O–H groups in total. The van der Waals surface area contributed by atoms with E-state index in [-0.39, 0.29) is 29.0 Å². The average Bonchev–Trinajstić information content (AvgIpc) is 3.41. The van der Waals surface area contributed by atoms with Gasteiger partial charge in [0.1, 0.15) is 11.9 Å². The predicted octanol–water partition coefficient (Wildman–Crippen LogP) is 3.35. The summed E-state index contributed by atoms with van der Waals surface area (Å²) in [7, 11) is 1.71. The Kier molecular flexibility index (Phi) is 4.86. The number of epoxide rings is 1. The Labute approximate surface area is 173 Å². The van der Waals surface area contributed by atoms with E-state index in [0.717, 1.165) is 38.2 Å². The van der Waals surface area contributed by atoms with E-state index in [9.17, 15) is 4.79 Å². The third kappa shape index (κ3) is 3.36. The molecule has 29 heavy (non-hydrogen) atoms. The van der Waals surface area contributed by atoms with E-state index in [1.54, 1.807) is 7.11 Å². The fraction of sp³-hybridized carbons (Fsp3) is 0.708. The summed E-state index contributed by atoms with van der Waals surface area (Å²) in [5, 5.41) is 3.52. The van der Waals surface area contributed by atoms with Gasteiger partial charge >= 0.3 is 5.97 Å². The molecule has 2 saturated carbocycles. The van der Waals surface area contributed by atoms with Gasteiger partial charge in [-0.05, 0) is 68.0 Å². The number of methoxy groups -OCH3 is 1. The topological polar surface area (TPSA) is 60.1 Å². The third-order valence-corrected chi connectivity index (χ3v) is 8.21. The summed E-state index contributed by atoms with van der Waals surface area (Å²) >= 11 is 0. The van der Waals surface area contributed by atoms with Crippen LogP contribution in [0.3, 0.4) is 0 Å². The van der Waals surface area contributed by atoms with Crippen LogP contribution >= 0.6 is 0 Å². The number of carbonyl (C=O) groups is 1. The van der Waals surface area contributed by atoms with Gasteiger partial charge in [0, 0.05) is 12.5 Å². The molecule has 2 heterocycles. The second-order valence-electron chi connectivity index (χ2n) is 9.87. The van der Waals surface area contributed by atoms with E-state index >= 15 is 0 Å². The van der Waals surface area contributed by atoms with Crippen molar-refractivity contribution < 1.29 is 19.0 Å². The van der Waals surface area contributed by atoms with Crippen molar-refractivity contribution in [1.29, 1.82) is 0 Å². The second kappa shape index (κ2) is 7.28. The van der Waals surface area contributed by atoms with Gasteiger partial charge in [-0.3, -0.25) is 4.79 Å². The van der Waals surface area contributed by atoms with Crippen LogP contribution in [0.25, 0.3) is 0 Å². The summed E-state index contributed by atoms with van der Waals surface area (Å²) in [6.45, 7) is 4.85. The van der Waals surface area contributed by atoms with Crippen LogP contribution in [0.1, 0.15) is 44.6 Å². The maximum absolute atomic E-state index is 12.7. The van der Waals surface area contributed by atoms with Gasteiger partial charge in [0.2, 0.25) is 0 Å². The Balaban J connectivity index is 1.21. The first-order valence-corrected chi connectivity index (χ1v) is 11.2. The van der Waals surface area contributed by atoms with Gasteiger partial charge in [-0.1, -0.05) is 25.1 Å². The Morgan fingerprint density at radius 3 is 2.90 bits per heavy atom. The molecule has 0 aromatic heterocycles. The largest absolute Gasteiger partial charge is 0.496 e. The molecule has 4 fully saturated rings. The highest BCUT2D eigenvalue weighted by Gasteiger charge is 2.64. The molecule has 5 heteroatoms. The first-order valence-electron chi connectivity index (χ1n) is 11.2. The van der Waals surface area contributed by atoms with Crippen molar-refractivity contribution >= 4 is 5.97 Å². The van der Waals surface area contributed by atoms with Gasteiger partial charge in [0.05, 0.1) is 25.2 Å². The Hall–Kier alpha value is -1.59. The molecule has 1 spiro atoms. The van der Waals surface area contributed by atoms with Crippen molar-refractivity contribution in [3.05, 3.63) is 29.8 Å². The summed E-state index contributed by atoms with van der Waals surface area (Å²) in [5.74, 6) is 1.81. The number of fused-ring (bicyclic) bond motifs is 3. The highest BCUT2D eigenvalue weighted by atomic mass is 16.6. The highest BCUT2D eigenvalue weighted by Crippen LogP contribution is 2.62. The molecule has 1 aromatic carbocycles. The summed E-state index contributed by atoms with van der Waals surface area (Å²) in [4.78, 5) is 12.7.